The molecule has 1 unspecified atom stereocenters. The second-order valence-electron chi connectivity index (χ2n) is 8.28. The van der Waals surface area contributed by atoms with E-state index in [9.17, 15) is 14.7 Å². The third kappa shape index (κ3) is 2.85. The van der Waals surface area contributed by atoms with E-state index in [0.29, 0.717) is 33.6 Å². The minimum absolute atomic E-state index is 0.138. The summed E-state index contributed by atoms with van der Waals surface area (Å²) < 4.78 is 18.1. The molecule has 0 amide bonds. The molecular formula is C24H20NO6+. The predicted octanol–water partition coefficient (Wildman–Crippen LogP) is 2.85. The van der Waals surface area contributed by atoms with Gasteiger partial charge in [0.1, 0.15) is 23.0 Å². The van der Waals surface area contributed by atoms with Gasteiger partial charge >= 0.3 is 5.97 Å². The summed E-state index contributed by atoms with van der Waals surface area (Å²) in [4.78, 5) is 24.7. The number of carbonyl (C=O) groups is 2. The molecule has 2 aliphatic rings. The van der Waals surface area contributed by atoms with E-state index in [1.54, 1.807) is 50.2 Å². The normalized spacial score (nSPS) is 19.0. The smallest absolute Gasteiger partial charge is 0.372 e. The Morgan fingerprint density at radius 3 is 2.52 bits per heavy atom. The summed E-state index contributed by atoms with van der Waals surface area (Å²) in [5.74, 6) is -0.957. The Morgan fingerprint density at radius 2 is 1.77 bits per heavy atom. The van der Waals surface area contributed by atoms with Gasteiger partial charge in [-0.25, -0.2) is 4.79 Å². The number of carbonyl (C=O) groups excluding carboxylic acids is 2. The third-order valence-electron chi connectivity index (χ3n) is 5.32. The van der Waals surface area contributed by atoms with E-state index in [1.807, 2.05) is 6.07 Å². The van der Waals surface area contributed by atoms with Crippen LogP contribution < -0.4 is 19.9 Å². The molecule has 5 rings (SSSR count). The number of ketones is 1. The van der Waals surface area contributed by atoms with Crippen molar-refractivity contribution in [3.05, 3.63) is 71.8 Å². The second-order valence-corrected chi connectivity index (χ2v) is 8.28. The number of phenolic OH excluding ortho intramolecular Hbond substituents is 1. The summed E-state index contributed by atoms with van der Waals surface area (Å²) in [6.07, 6.45) is 2.87. The van der Waals surface area contributed by atoms with Gasteiger partial charge in [-0.3, -0.25) is 4.79 Å². The predicted molar refractivity (Wildman–Crippen MR) is 111 cm³/mol. The van der Waals surface area contributed by atoms with Gasteiger partial charge in [0.05, 0.1) is 16.5 Å². The fourth-order valence-corrected chi connectivity index (χ4v) is 3.79. The maximum Gasteiger partial charge on any atom is 0.372 e. The van der Waals surface area contributed by atoms with Crippen LogP contribution >= 0.6 is 0 Å². The maximum atomic E-state index is 12.4. The van der Waals surface area contributed by atoms with Gasteiger partial charge in [0.15, 0.2) is 11.3 Å². The number of fused-ring (bicyclic) bond motifs is 2. The zero-order chi connectivity index (χ0) is 22.0. The van der Waals surface area contributed by atoms with E-state index >= 15 is 0 Å². The lowest BCUT2D eigenvalue weighted by Crippen LogP contribution is -2.74. The molecule has 31 heavy (non-hydrogen) atoms. The van der Waals surface area contributed by atoms with Gasteiger partial charge in [-0.15, -0.1) is 0 Å². The number of phenols is 1. The number of hydrogen-bond donors (Lipinski definition) is 2. The molecule has 1 spiro atoms. The van der Waals surface area contributed by atoms with Crippen molar-refractivity contribution in [2.75, 3.05) is 0 Å². The van der Waals surface area contributed by atoms with Crippen LogP contribution in [0.5, 0.6) is 23.0 Å². The van der Waals surface area contributed by atoms with Crippen molar-refractivity contribution >= 4 is 22.5 Å². The first-order valence-corrected chi connectivity index (χ1v) is 9.77. The minimum Gasteiger partial charge on any atom is -0.507 e. The largest absolute Gasteiger partial charge is 0.507 e. The summed E-state index contributed by atoms with van der Waals surface area (Å²) in [6, 6.07) is 13.5. The van der Waals surface area contributed by atoms with Crippen molar-refractivity contribution in [1.29, 1.82) is 0 Å². The molecule has 1 heterocycles. The van der Waals surface area contributed by atoms with Crippen LogP contribution in [-0.4, -0.2) is 22.4 Å². The Hall–Kier alpha value is -3.84. The van der Waals surface area contributed by atoms with Crippen LogP contribution in [0.1, 0.15) is 29.8 Å². The van der Waals surface area contributed by atoms with Crippen LogP contribution in [0.3, 0.4) is 0 Å². The monoisotopic (exact) mass is 418 g/mol. The number of allylic oxidation sites excluding steroid dienone is 1. The molecule has 0 radical (unpaired) electrons. The number of hydrogen-bond acceptors (Lipinski definition) is 6. The molecular weight excluding hydrogens is 398 g/mol. The Balaban J connectivity index is 1.64. The zero-order valence-electron chi connectivity index (χ0n) is 17.0. The van der Waals surface area contributed by atoms with Gasteiger partial charge < -0.3 is 25.1 Å². The molecule has 0 fully saturated rings. The molecule has 0 saturated carbocycles. The third-order valence-corrected chi connectivity index (χ3v) is 5.32. The van der Waals surface area contributed by atoms with Crippen molar-refractivity contribution in [1.82, 2.24) is 0 Å². The van der Waals surface area contributed by atoms with Crippen LogP contribution in [0.25, 0.3) is 10.8 Å². The summed E-state index contributed by atoms with van der Waals surface area (Å²) in [6.45, 7) is 3.36. The molecule has 3 aromatic carbocycles. The number of esters is 1. The van der Waals surface area contributed by atoms with Crippen LogP contribution in [-0.2, 0) is 10.6 Å². The lowest BCUT2D eigenvalue weighted by molar-refractivity contribution is -0.449. The van der Waals surface area contributed by atoms with Gasteiger partial charge in [0, 0.05) is 25.3 Å². The van der Waals surface area contributed by atoms with Crippen molar-refractivity contribution in [2.45, 2.75) is 25.2 Å². The number of quaternary nitrogens is 1. The molecule has 156 valence electrons. The number of ether oxygens (including phenoxy) is 3. The molecule has 7 nitrogen and oxygen atoms in total. The average molecular weight is 418 g/mol. The molecule has 1 aliphatic carbocycles. The quantitative estimate of drug-likeness (QED) is 0.489. The van der Waals surface area contributed by atoms with E-state index in [2.05, 4.69) is 5.73 Å². The molecule has 0 aromatic heterocycles. The van der Waals surface area contributed by atoms with Gasteiger partial charge in [-0.1, -0.05) is 18.2 Å². The van der Waals surface area contributed by atoms with Crippen LogP contribution in [0.4, 0.5) is 0 Å². The highest BCUT2D eigenvalue weighted by atomic mass is 16.7. The Kier molecular flexibility index (Phi) is 3.91. The number of aromatic hydroxyl groups is 1. The first-order valence-electron chi connectivity index (χ1n) is 9.77. The highest BCUT2D eigenvalue weighted by Crippen LogP contribution is 2.50. The summed E-state index contributed by atoms with van der Waals surface area (Å²) in [5.41, 5.74) is 3.48. The van der Waals surface area contributed by atoms with Gasteiger partial charge in [0.25, 0.3) is 5.79 Å². The van der Waals surface area contributed by atoms with Crippen LogP contribution in [0, 0.1) is 0 Å². The van der Waals surface area contributed by atoms with Crippen molar-refractivity contribution in [2.24, 2.45) is 0 Å². The van der Waals surface area contributed by atoms with Gasteiger partial charge in [0.2, 0.25) is 0 Å². The van der Waals surface area contributed by atoms with Crippen molar-refractivity contribution < 1.29 is 34.6 Å². The van der Waals surface area contributed by atoms with Crippen LogP contribution in [0.15, 0.2) is 60.7 Å². The van der Waals surface area contributed by atoms with Crippen molar-refractivity contribution in [3.63, 3.8) is 0 Å². The highest BCUT2D eigenvalue weighted by molar-refractivity contribution is 6.09. The minimum atomic E-state index is -1.41. The van der Waals surface area contributed by atoms with E-state index in [0.717, 1.165) is 0 Å². The first kappa shape index (κ1) is 19.1. The SMILES string of the molecule is CC(C)([NH3+])C(=O)Oc1ccc2c3c(cccc13)OC1(C=CC(=O)c3c(O)cccc31)O2. The Labute approximate surface area is 177 Å². The lowest BCUT2D eigenvalue weighted by atomic mass is 9.89. The fraction of sp³-hybridized carbons (Fsp3) is 0.167. The Bertz CT molecular complexity index is 1290. The lowest BCUT2D eigenvalue weighted by Gasteiger charge is -2.39. The average Bonchev–Trinajstić information content (AvgIpc) is 2.72. The van der Waals surface area contributed by atoms with E-state index in [4.69, 9.17) is 14.2 Å². The van der Waals surface area contributed by atoms with Gasteiger partial charge in [-0.05, 0) is 36.4 Å². The molecule has 0 saturated heterocycles. The highest BCUT2D eigenvalue weighted by Gasteiger charge is 2.45. The summed E-state index contributed by atoms with van der Waals surface area (Å²) >= 11 is 0. The molecule has 4 N–H and O–H groups in total. The Morgan fingerprint density at radius 1 is 1.06 bits per heavy atom. The van der Waals surface area contributed by atoms with E-state index in [1.165, 1.54) is 18.2 Å². The summed E-state index contributed by atoms with van der Waals surface area (Å²) in [7, 11) is 0. The molecule has 7 heteroatoms. The zero-order valence-corrected chi connectivity index (χ0v) is 17.0. The molecule has 3 aromatic rings. The molecule has 0 bridgehead atoms. The van der Waals surface area contributed by atoms with Crippen molar-refractivity contribution in [3.8, 4) is 23.0 Å². The van der Waals surface area contributed by atoms with E-state index in [-0.39, 0.29) is 17.1 Å². The first-order chi connectivity index (χ1) is 14.7. The maximum absolute atomic E-state index is 12.4. The number of benzene rings is 3. The fourth-order valence-electron chi connectivity index (χ4n) is 3.79. The standard InChI is InChI=1S/C24H19NO6/c1-23(2,25)22(28)29-17-9-10-19-20-13(17)5-3-8-18(20)30-24(31-19)12-11-16(27)21-14(24)6-4-7-15(21)26/h3-12,26H,25H2,1-2H3/p+1. The summed E-state index contributed by atoms with van der Waals surface area (Å²) in [5, 5.41) is 11.5. The molecule has 1 aliphatic heterocycles. The van der Waals surface area contributed by atoms with Gasteiger partial charge in [-0.2, -0.15) is 0 Å². The topological polar surface area (TPSA) is 110 Å². The van der Waals surface area contributed by atoms with E-state index < -0.39 is 17.3 Å². The van der Waals surface area contributed by atoms with Crippen LogP contribution in [0.2, 0.25) is 0 Å². The molecule has 1 atom stereocenters. The second kappa shape index (κ2) is 6.33. The number of rotatable bonds is 2.